The smallest absolute Gasteiger partial charge is 0.243 e. The van der Waals surface area contributed by atoms with Gasteiger partial charge in [-0.3, -0.25) is 14.4 Å². The Morgan fingerprint density at radius 2 is 1.73 bits per heavy atom. The zero-order chi connectivity index (χ0) is 19.1. The van der Waals surface area contributed by atoms with E-state index in [-0.39, 0.29) is 24.3 Å². The molecular formula is C20H31N3O3. The fraction of sp³-hybridized carbons (Fsp3) is 0.650. The Morgan fingerprint density at radius 1 is 1.12 bits per heavy atom. The van der Waals surface area contributed by atoms with Gasteiger partial charge in [-0.2, -0.15) is 0 Å². The van der Waals surface area contributed by atoms with E-state index in [0.29, 0.717) is 44.4 Å². The lowest BCUT2D eigenvalue weighted by Crippen LogP contribution is -2.52. The summed E-state index contributed by atoms with van der Waals surface area (Å²) in [4.78, 5) is 39.2. The van der Waals surface area contributed by atoms with Crippen molar-refractivity contribution in [2.45, 2.75) is 39.0 Å². The molecule has 1 saturated carbocycles. The Morgan fingerprint density at radius 3 is 2.31 bits per heavy atom. The first-order valence-electron chi connectivity index (χ1n) is 9.51. The normalized spacial score (nSPS) is 23.5. The Hall–Kier alpha value is -2.11. The largest absolute Gasteiger partial charge is 0.343 e. The predicted octanol–water partition coefficient (Wildman–Crippen LogP) is 1.73. The molecule has 0 aromatic rings. The first-order valence-corrected chi connectivity index (χ1v) is 9.51. The average Bonchev–Trinajstić information content (AvgIpc) is 2.63. The Bertz CT molecular complexity index is 565. The van der Waals surface area contributed by atoms with Crippen LogP contribution in [0.1, 0.15) is 39.0 Å². The number of rotatable bonds is 6. The maximum atomic E-state index is 12.5. The van der Waals surface area contributed by atoms with Crippen LogP contribution in [-0.4, -0.2) is 60.2 Å². The van der Waals surface area contributed by atoms with Gasteiger partial charge in [-0.1, -0.05) is 25.7 Å². The molecule has 1 N–H and O–H groups in total. The summed E-state index contributed by atoms with van der Waals surface area (Å²) in [5.74, 6) is 0.953. The van der Waals surface area contributed by atoms with Crippen molar-refractivity contribution in [1.29, 1.82) is 0 Å². The van der Waals surface area contributed by atoms with Crippen LogP contribution in [0, 0.1) is 11.8 Å². The molecule has 2 atom stereocenters. The van der Waals surface area contributed by atoms with Crippen molar-refractivity contribution in [3.63, 3.8) is 0 Å². The number of nitrogens with one attached hydrogen (secondary N) is 1. The van der Waals surface area contributed by atoms with Crippen LogP contribution in [0.5, 0.6) is 0 Å². The highest BCUT2D eigenvalue weighted by molar-refractivity contribution is 5.90. The number of hydrogen-bond acceptors (Lipinski definition) is 3. The minimum Gasteiger partial charge on any atom is -0.343 e. The first kappa shape index (κ1) is 20.2. The van der Waals surface area contributed by atoms with Crippen molar-refractivity contribution in [1.82, 2.24) is 15.1 Å². The summed E-state index contributed by atoms with van der Waals surface area (Å²) in [5, 5.41) is 2.49. The van der Waals surface area contributed by atoms with Gasteiger partial charge in [0.2, 0.25) is 17.7 Å². The summed E-state index contributed by atoms with van der Waals surface area (Å²) >= 11 is 0. The Kier molecular flexibility index (Phi) is 7.42. The fourth-order valence-corrected chi connectivity index (χ4v) is 3.98. The van der Waals surface area contributed by atoms with Gasteiger partial charge in [0.25, 0.3) is 0 Å². The summed E-state index contributed by atoms with van der Waals surface area (Å²) in [6.45, 7) is 11.9. The third-order valence-corrected chi connectivity index (χ3v) is 5.30. The average molecular weight is 361 g/mol. The molecule has 2 fully saturated rings. The van der Waals surface area contributed by atoms with Crippen LogP contribution in [0.3, 0.4) is 0 Å². The highest BCUT2D eigenvalue weighted by Crippen LogP contribution is 2.34. The van der Waals surface area contributed by atoms with Crippen LogP contribution < -0.4 is 5.32 Å². The quantitative estimate of drug-likeness (QED) is 0.579. The van der Waals surface area contributed by atoms with E-state index in [1.807, 2.05) is 4.90 Å². The molecule has 0 aromatic carbocycles. The highest BCUT2D eigenvalue weighted by atomic mass is 16.2. The minimum absolute atomic E-state index is 0.0252. The zero-order valence-electron chi connectivity index (χ0n) is 15.8. The lowest BCUT2D eigenvalue weighted by atomic mass is 9.78. The van der Waals surface area contributed by atoms with Crippen molar-refractivity contribution < 1.29 is 14.4 Å². The van der Waals surface area contributed by atoms with Gasteiger partial charge in [0.05, 0.1) is 6.54 Å². The molecule has 2 unspecified atom stereocenters. The van der Waals surface area contributed by atoms with Crippen LogP contribution >= 0.6 is 0 Å². The molecule has 0 aromatic heterocycles. The van der Waals surface area contributed by atoms with E-state index >= 15 is 0 Å². The first-order chi connectivity index (χ1) is 12.4. The molecule has 3 amide bonds. The second-order valence-corrected chi connectivity index (χ2v) is 7.59. The molecule has 0 bridgehead atoms. The topological polar surface area (TPSA) is 69.7 Å². The predicted molar refractivity (Wildman–Crippen MR) is 101 cm³/mol. The SMILES string of the molecule is C=CC(=O)NCC(=O)N1CCN(C(=O)CCC2CC(=C)CC(C)C2)CC1. The summed E-state index contributed by atoms with van der Waals surface area (Å²) < 4.78 is 0. The van der Waals surface area contributed by atoms with Gasteiger partial charge in [0, 0.05) is 32.6 Å². The van der Waals surface area contributed by atoms with E-state index in [9.17, 15) is 14.4 Å². The second-order valence-electron chi connectivity index (χ2n) is 7.59. The minimum atomic E-state index is -0.355. The molecule has 144 valence electrons. The summed E-state index contributed by atoms with van der Waals surface area (Å²) in [6.07, 6.45) is 6.00. The van der Waals surface area contributed by atoms with Crippen molar-refractivity contribution in [2.24, 2.45) is 11.8 Å². The molecule has 6 heteroatoms. The molecule has 6 nitrogen and oxygen atoms in total. The number of amides is 3. The van der Waals surface area contributed by atoms with Crippen LogP contribution in [-0.2, 0) is 14.4 Å². The van der Waals surface area contributed by atoms with E-state index in [1.54, 1.807) is 4.90 Å². The number of carbonyl (C=O) groups is 3. The number of nitrogens with zero attached hydrogens (tertiary/aromatic N) is 2. The van der Waals surface area contributed by atoms with E-state index in [0.717, 1.165) is 25.3 Å². The van der Waals surface area contributed by atoms with Gasteiger partial charge in [-0.05, 0) is 43.6 Å². The number of piperazine rings is 1. The molecule has 0 spiro atoms. The summed E-state index contributed by atoms with van der Waals surface area (Å²) in [5.41, 5.74) is 1.32. The molecule has 0 radical (unpaired) electrons. The van der Waals surface area contributed by atoms with Crippen LogP contribution in [0.15, 0.2) is 24.8 Å². The Labute approximate surface area is 156 Å². The van der Waals surface area contributed by atoms with Crippen molar-refractivity contribution in [3.05, 3.63) is 24.8 Å². The lowest BCUT2D eigenvalue weighted by molar-refractivity contribution is -0.139. The van der Waals surface area contributed by atoms with Crippen LogP contribution in [0.2, 0.25) is 0 Å². The standard InChI is InChI=1S/C20H31N3O3/c1-4-18(24)21-14-20(26)23-9-7-22(8-10-23)19(25)6-5-17-12-15(2)11-16(3)13-17/h4,16-17H,1-2,5-14H2,3H3,(H,21,24). The van der Waals surface area contributed by atoms with Crippen LogP contribution in [0.4, 0.5) is 0 Å². The van der Waals surface area contributed by atoms with Gasteiger partial charge in [0.1, 0.15) is 0 Å². The van der Waals surface area contributed by atoms with Gasteiger partial charge < -0.3 is 15.1 Å². The molecule has 1 heterocycles. The third kappa shape index (κ3) is 6.00. The van der Waals surface area contributed by atoms with E-state index < -0.39 is 0 Å². The van der Waals surface area contributed by atoms with E-state index in [2.05, 4.69) is 25.4 Å². The fourth-order valence-electron chi connectivity index (χ4n) is 3.98. The number of hydrogen-bond donors (Lipinski definition) is 1. The number of carbonyl (C=O) groups excluding carboxylic acids is 3. The van der Waals surface area contributed by atoms with E-state index in [1.165, 1.54) is 12.0 Å². The van der Waals surface area contributed by atoms with E-state index in [4.69, 9.17) is 0 Å². The van der Waals surface area contributed by atoms with Crippen LogP contribution in [0.25, 0.3) is 0 Å². The molecular weight excluding hydrogens is 330 g/mol. The molecule has 1 aliphatic heterocycles. The maximum absolute atomic E-state index is 12.5. The summed E-state index contributed by atoms with van der Waals surface area (Å²) in [6, 6.07) is 0. The second kappa shape index (κ2) is 9.55. The van der Waals surface area contributed by atoms with Crippen molar-refractivity contribution in [3.8, 4) is 0 Å². The van der Waals surface area contributed by atoms with Gasteiger partial charge in [-0.25, -0.2) is 0 Å². The van der Waals surface area contributed by atoms with Gasteiger partial charge >= 0.3 is 0 Å². The number of allylic oxidation sites excluding steroid dienone is 1. The van der Waals surface area contributed by atoms with Crippen molar-refractivity contribution >= 4 is 17.7 Å². The lowest BCUT2D eigenvalue weighted by Gasteiger charge is -2.35. The van der Waals surface area contributed by atoms with Gasteiger partial charge in [-0.15, -0.1) is 0 Å². The molecule has 2 aliphatic rings. The third-order valence-electron chi connectivity index (χ3n) is 5.30. The monoisotopic (exact) mass is 361 g/mol. The maximum Gasteiger partial charge on any atom is 0.243 e. The van der Waals surface area contributed by atoms with Crippen molar-refractivity contribution in [2.75, 3.05) is 32.7 Å². The van der Waals surface area contributed by atoms with Gasteiger partial charge in [0.15, 0.2) is 0 Å². The molecule has 1 aliphatic carbocycles. The molecule has 2 rings (SSSR count). The molecule has 1 saturated heterocycles. The summed E-state index contributed by atoms with van der Waals surface area (Å²) in [7, 11) is 0. The Balaban J connectivity index is 1.69. The highest BCUT2D eigenvalue weighted by Gasteiger charge is 2.26. The molecule has 26 heavy (non-hydrogen) atoms. The zero-order valence-corrected chi connectivity index (χ0v) is 15.8.